The summed E-state index contributed by atoms with van der Waals surface area (Å²) in [5.41, 5.74) is 5.07. The van der Waals surface area contributed by atoms with E-state index in [9.17, 15) is 0 Å². The van der Waals surface area contributed by atoms with Crippen LogP contribution in [0.1, 0.15) is 28.7 Å². The van der Waals surface area contributed by atoms with Crippen molar-refractivity contribution in [3.63, 3.8) is 0 Å². The van der Waals surface area contributed by atoms with E-state index in [0.29, 0.717) is 0 Å². The van der Waals surface area contributed by atoms with E-state index in [2.05, 4.69) is 11.5 Å². The average Bonchev–Trinajstić information content (AvgIpc) is 2.99. The summed E-state index contributed by atoms with van der Waals surface area (Å²) in [7, 11) is 0. The number of nitrogens with one attached hydrogen (secondary N) is 1. The van der Waals surface area contributed by atoms with Gasteiger partial charge in [-0.2, -0.15) is 0 Å². The number of para-hydroxylation sites is 1. The Bertz CT molecular complexity index is 563. The van der Waals surface area contributed by atoms with Gasteiger partial charge in [0.1, 0.15) is 23.3 Å². The first-order valence-corrected chi connectivity index (χ1v) is 6.06. The lowest BCUT2D eigenvalue weighted by molar-refractivity contribution is 0.346. The van der Waals surface area contributed by atoms with Crippen LogP contribution in [0.25, 0.3) is 0 Å². The first-order chi connectivity index (χ1) is 8.79. The number of hydrazine groups is 1. The normalized spacial score (nSPS) is 15.2. The number of ether oxygens (including phenoxy) is 1. The van der Waals surface area contributed by atoms with Crippen LogP contribution in [0.2, 0.25) is 0 Å². The molecule has 2 heterocycles. The number of fused-ring (bicyclic) bond motifs is 1. The summed E-state index contributed by atoms with van der Waals surface area (Å²) in [6.07, 6.45) is 0.956. The number of hydrogen-bond donors (Lipinski definition) is 2. The Labute approximate surface area is 106 Å². The molecule has 1 atom stereocenters. The molecule has 2 aromatic rings. The van der Waals surface area contributed by atoms with E-state index in [0.717, 1.165) is 35.9 Å². The van der Waals surface area contributed by atoms with E-state index in [1.807, 2.05) is 31.2 Å². The van der Waals surface area contributed by atoms with Crippen LogP contribution in [0.4, 0.5) is 0 Å². The van der Waals surface area contributed by atoms with Crippen LogP contribution in [0.15, 0.2) is 34.7 Å². The summed E-state index contributed by atoms with van der Waals surface area (Å²) in [5.74, 6) is 8.29. The van der Waals surface area contributed by atoms with Gasteiger partial charge >= 0.3 is 0 Å². The summed E-state index contributed by atoms with van der Waals surface area (Å²) in [6, 6.07) is 9.84. The van der Waals surface area contributed by atoms with Gasteiger partial charge in [0.05, 0.1) is 6.61 Å². The third-order valence-corrected chi connectivity index (χ3v) is 3.27. The fraction of sp³-hybridized carbons (Fsp3) is 0.286. The predicted molar refractivity (Wildman–Crippen MR) is 68.3 cm³/mol. The first-order valence-electron chi connectivity index (χ1n) is 6.06. The average molecular weight is 244 g/mol. The molecule has 1 aromatic carbocycles. The summed E-state index contributed by atoms with van der Waals surface area (Å²) < 4.78 is 11.4. The van der Waals surface area contributed by atoms with Gasteiger partial charge in [0.15, 0.2) is 0 Å². The maximum atomic E-state index is 5.70. The van der Waals surface area contributed by atoms with Gasteiger partial charge in [0, 0.05) is 12.0 Å². The number of nitrogens with two attached hydrogens (primary N) is 1. The molecule has 3 N–H and O–H groups in total. The minimum atomic E-state index is -0.174. The fourth-order valence-electron chi connectivity index (χ4n) is 2.40. The Kier molecular flexibility index (Phi) is 2.81. The van der Waals surface area contributed by atoms with E-state index < -0.39 is 0 Å². The molecule has 1 aromatic heterocycles. The van der Waals surface area contributed by atoms with Gasteiger partial charge in [-0.25, -0.2) is 5.43 Å². The smallest absolute Gasteiger partial charge is 0.127 e. The summed E-state index contributed by atoms with van der Waals surface area (Å²) in [4.78, 5) is 0. The molecule has 0 saturated carbocycles. The quantitative estimate of drug-likeness (QED) is 0.641. The van der Waals surface area contributed by atoms with Gasteiger partial charge in [-0.15, -0.1) is 0 Å². The number of benzene rings is 1. The fourth-order valence-corrected chi connectivity index (χ4v) is 2.40. The molecule has 1 unspecified atom stereocenters. The van der Waals surface area contributed by atoms with E-state index >= 15 is 0 Å². The summed E-state index contributed by atoms with van der Waals surface area (Å²) in [6.45, 7) is 2.66. The Morgan fingerprint density at radius 1 is 1.28 bits per heavy atom. The summed E-state index contributed by atoms with van der Waals surface area (Å²) >= 11 is 0. The van der Waals surface area contributed by atoms with E-state index in [-0.39, 0.29) is 6.04 Å². The van der Waals surface area contributed by atoms with Crippen LogP contribution in [0, 0.1) is 6.92 Å². The number of hydrogen-bond acceptors (Lipinski definition) is 4. The first kappa shape index (κ1) is 11.3. The minimum absolute atomic E-state index is 0.174. The molecular weight excluding hydrogens is 228 g/mol. The second kappa shape index (κ2) is 4.48. The molecule has 0 aliphatic carbocycles. The van der Waals surface area contributed by atoms with Crippen LogP contribution in [0.5, 0.6) is 5.75 Å². The van der Waals surface area contributed by atoms with E-state index in [1.165, 1.54) is 5.56 Å². The van der Waals surface area contributed by atoms with Crippen molar-refractivity contribution >= 4 is 0 Å². The van der Waals surface area contributed by atoms with Crippen LogP contribution in [-0.2, 0) is 6.42 Å². The molecule has 4 heteroatoms. The second-order valence-electron chi connectivity index (χ2n) is 4.48. The molecule has 0 saturated heterocycles. The second-order valence-corrected chi connectivity index (χ2v) is 4.48. The van der Waals surface area contributed by atoms with Gasteiger partial charge in [0.25, 0.3) is 0 Å². The van der Waals surface area contributed by atoms with Crippen molar-refractivity contribution in [3.05, 3.63) is 53.0 Å². The van der Waals surface area contributed by atoms with Gasteiger partial charge in [-0.1, -0.05) is 18.2 Å². The zero-order valence-corrected chi connectivity index (χ0v) is 10.3. The molecule has 0 spiro atoms. The monoisotopic (exact) mass is 244 g/mol. The van der Waals surface area contributed by atoms with E-state index in [4.69, 9.17) is 15.0 Å². The number of furan rings is 1. The number of aryl methyl sites for hydroxylation is 1. The maximum absolute atomic E-state index is 5.70. The van der Waals surface area contributed by atoms with Gasteiger partial charge in [0.2, 0.25) is 0 Å². The van der Waals surface area contributed by atoms with E-state index in [1.54, 1.807) is 0 Å². The molecule has 1 aliphatic rings. The largest absolute Gasteiger partial charge is 0.493 e. The highest BCUT2D eigenvalue weighted by Crippen LogP contribution is 2.36. The molecule has 4 nitrogen and oxygen atoms in total. The highest BCUT2D eigenvalue weighted by molar-refractivity contribution is 5.47. The van der Waals surface area contributed by atoms with Crippen molar-refractivity contribution in [2.75, 3.05) is 6.61 Å². The van der Waals surface area contributed by atoms with Crippen LogP contribution < -0.4 is 16.0 Å². The standard InChI is InChI=1S/C14H16N2O2/c1-9-5-6-12(18-9)13(16-15)11-4-2-3-10-7-8-17-14(10)11/h2-6,13,16H,7-8,15H2,1H3. The molecule has 0 bridgehead atoms. The van der Waals surface area contributed by atoms with Crippen molar-refractivity contribution in [3.8, 4) is 5.75 Å². The highest BCUT2D eigenvalue weighted by Gasteiger charge is 2.24. The van der Waals surface area contributed by atoms with Crippen molar-refractivity contribution < 1.29 is 9.15 Å². The van der Waals surface area contributed by atoms with Gasteiger partial charge in [-0.05, 0) is 24.6 Å². The van der Waals surface area contributed by atoms with Crippen LogP contribution >= 0.6 is 0 Å². The lowest BCUT2D eigenvalue weighted by atomic mass is 10.0. The molecule has 0 radical (unpaired) electrons. The lowest BCUT2D eigenvalue weighted by Crippen LogP contribution is -2.28. The summed E-state index contributed by atoms with van der Waals surface area (Å²) in [5, 5.41) is 0. The molecule has 0 fully saturated rings. The minimum Gasteiger partial charge on any atom is -0.493 e. The Morgan fingerprint density at radius 2 is 2.17 bits per heavy atom. The topological polar surface area (TPSA) is 60.4 Å². The zero-order valence-electron chi connectivity index (χ0n) is 10.3. The van der Waals surface area contributed by atoms with Gasteiger partial charge < -0.3 is 9.15 Å². The number of rotatable bonds is 3. The van der Waals surface area contributed by atoms with Crippen molar-refractivity contribution in [2.45, 2.75) is 19.4 Å². The molecule has 18 heavy (non-hydrogen) atoms. The molecule has 0 amide bonds. The van der Waals surface area contributed by atoms with Crippen molar-refractivity contribution in [1.29, 1.82) is 0 Å². The molecule has 1 aliphatic heterocycles. The lowest BCUT2D eigenvalue weighted by Gasteiger charge is -2.16. The third-order valence-electron chi connectivity index (χ3n) is 3.27. The zero-order chi connectivity index (χ0) is 12.5. The van der Waals surface area contributed by atoms with Crippen molar-refractivity contribution in [1.82, 2.24) is 5.43 Å². The SMILES string of the molecule is Cc1ccc(C(NN)c2cccc3c2OCC3)o1. The maximum Gasteiger partial charge on any atom is 0.127 e. The van der Waals surface area contributed by atoms with Crippen molar-refractivity contribution in [2.24, 2.45) is 5.84 Å². The van der Waals surface area contributed by atoms with Crippen LogP contribution in [0.3, 0.4) is 0 Å². The Hall–Kier alpha value is -1.78. The Morgan fingerprint density at radius 3 is 2.89 bits per heavy atom. The third kappa shape index (κ3) is 1.79. The highest BCUT2D eigenvalue weighted by atomic mass is 16.5. The predicted octanol–water partition coefficient (Wildman–Crippen LogP) is 2.08. The molecule has 3 rings (SSSR count). The Balaban J connectivity index is 2.05. The molecular formula is C14H16N2O2. The van der Waals surface area contributed by atoms with Crippen LogP contribution in [-0.4, -0.2) is 6.61 Å². The molecule has 94 valence electrons. The van der Waals surface area contributed by atoms with Gasteiger partial charge in [-0.3, -0.25) is 5.84 Å².